The van der Waals surface area contributed by atoms with Crippen molar-refractivity contribution in [1.82, 2.24) is 14.7 Å². The summed E-state index contributed by atoms with van der Waals surface area (Å²) in [4.78, 5) is 40.6. The van der Waals surface area contributed by atoms with Crippen molar-refractivity contribution in [2.24, 2.45) is 0 Å². The monoisotopic (exact) mass is 480 g/mol. The van der Waals surface area contributed by atoms with Crippen molar-refractivity contribution >= 4 is 32.0 Å². The van der Waals surface area contributed by atoms with Crippen LogP contribution >= 0.6 is 0 Å². The van der Waals surface area contributed by atoms with Gasteiger partial charge in [-0.1, -0.05) is 39.9 Å². The van der Waals surface area contributed by atoms with Crippen LogP contribution in [0.2, 0.25) is 24.2 Å². The third-order valence-corrected chi connectivity index (χ3v) is 12.4. The van der Waals surface area contributed by atoms with E-state index in [0.717, 1.165) is 10.7 Å². The molecule has 1 N–H and O–H groups in total. The molecular formula is C23H40N4O5Si. The Balaban J connectivity index is 2.54. The number of hydrogen-bond acceptors (Lipinski definition) is 6. The Morgan fingerprint density at radius 2 is 1.67 bits per heavy atom. The van der Waals surface area contributed by atoms with E-state index in [2.05, 4.69) is 30.4 Å². The van der Waals surface area contributed by atoms with Gasteiger partial charge in [0, 0.05) is 10.6 Å². The lowest BCUT2D eigenvalue weighted by molar-refractivity contribution is -0.118. The van der Waals surface area contributed by atoms with Gasteiger partial charge in [0.2, 0.25) is 5.91 Å². The van der Waals surface area contributed by atoms with Crippen molar-refractivity contribution < 1.29 is 23.9 Å². The Hall–Kier alpha value is -2.36. The van der Waals surface area contributed by atoms with Crippen LogP contribution in [0.5, 0.6) is 0 Å². The van der Waals surface area contributed by atoms with E-state index in [9.17, 15) is 14.4 Å². The number of carbonyl (C=O) groups excluding carboxylic acids is 3. The second-order valence-corrected chi connectivity index (χ2v) is 17.0. The molecule has 186 valence electrons. The summed E-state index contributed by atoms with van der Waals surface area (Å²) in [5, 5.41) is 6.82. The number of anilines is 1. The minimum absolute atomic E-state index is 0.147. The van der Waals surface area contributed by atoms with Gasteiger partial charge in [-0.2, -0.15) is 4.68 Å². The van der Waals surface area contributed by atoms with E-state index in [1.54, 1.807) is 32.6 Å². The third-order valence-electron chi connectivity index (χ3n) is 6.98. The largest absolute Gasteiger partial charge is 0.448 e. The van der Waals surface area contributed by atoms with E-state index in [0.29, 0.717) is 11.3 Å². The topological polar surface area (TPSA) is 103 Å². The molecule has 0 atom stereocenters. The Morgan fingerprint density at radius 3 is 2.15 bits per heavy atom. The van der Waals surface area contributed by atoms with Crippen molar-refractivity contribution in [1.29, 1.82) is 0 Å². The number of nitrogens with one attached hydrogen (secondary N) is 1. The van der Waals surface area contributed by atoms with E-state index in [1.165, 1.54) is 0 Å². The van der Waals surface area contributed by atoms with Crippen molar-refractivity contribution in [3.05, 3.63) is 11.3 Å². The zero-order valence-corrected chi connectivity index (χ0v) is 23.0. The van der Waals surface area contributed by atoms with Gasteiger partial charge in [-0.15, -0.1) is 5.10 Å². The predicted octanol–water partition coefficient (Wildman–Crippen LogP) is 5.32. The van der Waals surface area contributed by atoms with Crippen molar-refractivity contribution in [2.75, 3.05) is 11.9 Å². The summed E-state index contributed by atoms with van der Waals surface area (Å²) in [7, 11) is -1.88. The maximum absolute atomic E-state index is 13.4. The zero-order chi connectivity index (χ0) is 25.6. The standard InChI is InChI=1S/C23H40N4O5Si/c1-12-31-20(30)27-16-15(14-26(22(16,6)7)19(29)32-21(3,4)5)17(25-27)24-18(28)23(8,9)33(10,11)13-2/h12-14H2,1-11H3,(H,24,25,28). The van der Waals surface area contributed by atoms with Gasteiger partial charge in [-0.05, 0) is 41.5 Å². The average Bonchev–Trinajstić information content (AvgIpc) is 3.16. The highest BCUT2D eigenvalue weighted by molar-refractivity contribution is 6.83. The molecule has 0 spiro atoms. The summed E-state index contributed by atoms with van der Waals surface area (Å²) in [5.74, 6) is 0.127. The van der Waals surface area contributed by atoms with Gasteiger partial charge >= 0.3 is 12.2 Å². The first kappa shape index (κ1) is 26.9. The van der Waals surface area contributed by atoms with Crippen LogP contribution in [0.25, 0.3) is 0 Å². The van der Waals surface area contributed by atoms with Gasteiger partial charge in [0.1, 0.15) is 5.60 Å². The van der Waals surface area contributed by atoms with E-state index in [1.807, 2.05) is 27.7 Å². The van der Waals surface area contributed by atoms with Crippen molar-refractivity contribution in [3.63, 3.8) is 0 Å². The molecule has 0 bridgehead atoms. The van der Waals surface area contributed by atoms with Gasteiger partial charge < -0.3 is 14.8 Å². The van der Waals surface area contributed by atoms with Crippen LogP contribution in [0.4, 0.5) is 15.4 Å². The van der Waals surface area contributed by atoms with Crippen molar-refractivity contribution in [3.8, 4) is 0 Å². The molecule has 0 saturated carbocycles. The number of nitrogens with zero attached hydrogens (tertiary/aromatic N) is 3. The summed E-state index contributed by atoms with van der Waals surface area (Å²) in [6.45, 7) is 21.5. The first-order chi connectivity index (χ1) is 14.9. The fourth-order valence-corrected chi connectivity index (χ4v) is 5.31. The van der Waals surface area contributed by atoms with E-state index in [4.69, 9.17) is 9.47 Å². The Bertz CT molecular complexity index is 943. The molecule has 0 saturated heterocycles. The molecule has 33 heavy (non-hydrogen) atoms. The third kappa shape index (κ3) is 4.95. The molecule has 0 unspecified atom stereocenters. The molecule has 1 aromatic heterocycles. The number of amides is 2. The highest BCUT2D eigenvalue weighted by Gasteiger charge is 2.49. The number of carbonyl (C=O) groups is 3. The summed E-state index contributed by atoms with van der Waals surface area (Å²) in [5.41, 5.74) is -0.467. The lowest BCUT2D eigenvalue weighted by atomic mass is 10.0. The Kier molecular flexibility index (Phi) is 7.15. The van der Waals surface area contributed by atoms with E-state index >= 15 is 0 Å². The normalized spacial score (nSPS) is 15.8. The quantitative estimate of drug-likeness (QED) is 0.572. The van der Waals surface area contributed by atoms with Crippen LogP contribution < -0.4 is 5.32 Å². The van der Waals surface area contributed by atoms with Gasteiger partial charge in [0.25, 0.3) is 0 Å². The fraction of sp³-hybridized carbons (Fsp3) is 0.739. The van der Waals surface area contributed by atoms with Crippen LogP contribution in [0, 0.1) is 0 Å². The zero-order valence-electron chi connectivity index (χ0n) is 22.0. The lowest BCUT2D eigenvalue weighted by Crippen LogP contribution is -2.46. The number of ether oxygens (including phenoxy) is 2. The molecule has 0 fully saturated rings. The molecule has 0 aliphatic carbocycles. The number of aromatic nitrogens is 2. The molecular weight excluding hydrogens is 440 g/mol. The molecule has 2 rings (SSSR count). The second kappa shape index (κ2) is 8.77. The second-order valence-electron chi connectivity index (χ2n) is 11.2. The van der Waals surface area contributed by atoms with Gasteiger partial charge in [0.05, 0.1) is 32.5 Å². The number of rotatable bonds is 5. The summed E-state index contributed by atoms with van der Waals surface area (Å²) >= 11 is 0. The summed E-state index contributed by atoms with van der Waals surface area (Å²) in [6.07, 6.45) is -1.16. The molecule has 0 aromatic carbocycles. The molecule has 9 nitrogen and oxygen atoms in total. The first-order valence-corrected chi connectivity index (χ1v) is 14.7. The molecule has 0 radical (unpaired) electrons. The number of hydrogen-bond donors (Lipinski definition) is 1. The van der Waals surface area contributed by atoms with Crippen molar-refractivity contribution in [2.45, 2.75) is 104 Å². The Morgan fingerprint density at radius 1 is 1.09 bits per heavy atom. The summed E-state index contributed by atoms with van der Waals surface area (Å²) < 4.78 is 12.0. The smallest absolute Gasteiger partial charge is 0.435 e. The fourth-order valence-electron chi connectivity index (χ4n) is 3.75. The predicted molar refractivity (Wildman–Crippen MR) is 130 cm³/mol. The molecule has 10 heteroatoms. The van der Waals surface area contributed by atoms with Gasteiger partial charge in [-0.3, -0.25) is 9.69 Å². The summed E-state index contributed by atoms with van der Waals surface area (Å²) in [6, 6.07) is 0.947. The Labute approximate surface area is 198 Å². The average molecular weight is 481 g/mol. The van der Waals surface area contributed by atoms with Crippen LogP contribution in [0.15, 0.2) is 0 Å². The first-order valence-electron chi connectivity index (χ1n) is 11.5. The molecule has 2 amide bonds. The highest BCUT2D eigenvalue weighted by atomic mass is 28.3. The van der Waals surface area contributed by atoms with E-state index in [-0.39, 0.29) is 24.9 Å². The molecule has 1 aromatic rings. The van der Waals surface area contributed by atoms with Gasteiger partial charge in [0.15, 0.2) is 5.82 Å². The maximum Gasteiger partial charge on any atom is 0.435 e. The van der Waals surface area contributed by atoms with Gasteiger partial charge in [-0.25, -0.2) is 9.59 Å². The minimum Gasteiger partial charge on any atom is -0.448 e. The van der Waals surface area contributed by atoms with Crippen LogP contribution in [-0.4, -0.2) is 53.1 Å². The molecule has 1 aliphatic rings. The SMILES string of the molecule is CCOC(=O)n1nc(NC(=O)C(C)(C)[Si](C)(C)CC)c2c1C(C)(C)N(C(=O)OC(C)(C)C)C2. The van der Waals surface area contributed by atoms with Crippen LogP contribution in [0.1, 0.15) is 73.6 Å². The highest BCUT2D eigenvalue weighted by Crippen LogP contribution is 2.45. The maximum atomic E-state index is 13.4. The van der Waals surface area contributed by atoms with E-state index < -0.39 is 36.4 Å². The van der Waals surface area contributed by atoms with Crippen LogP contribution in [0.3, 0.4) is 0 Å². The number of fused-ring (bicyclic) bond motifs is 1. The molecule has 1 aliphatic heterocycles. The minimum atomic E-state index is -1.88. The molecule has 2 heterocycles. The lowest BCUT2D eigenvalue weighted by Gasteiger charge is -2.37. The van der Waals surface area contributed by atoms with Crippen LogP contribution in [-0.2, 0) is 26.4 Å².